The molecule has 0 saturated carbocycles. The van der Waals surface area contributed by atoms with Gasteiger partial charge in [-0.2, -0.15) is 13.2 Å². The summed E-state index contributed by atoms with van der Waals surface area (Å²) in [5, 5.41) is 21.1. The molecule has 0 aliphatic carbocycles. The lowest BCUT2D eigenvalue weighted by Crippen LogP contribution is -2.23. The van der Waals surface area contributed by atoms with Crippen LogP contribution in [0.1, 0.15) is 15.9 Å². The topological polar surface area (TPSA) is 122 Å². The number of carbonyl (C=O) groups excluding carboxylic acids is 1. The van der Waals surface area contributed by atoms with Gasteiger partial charge < -0.3 is 24.7 Å². The summed E-state index contributed by atoms with van der Waals surface area (Å²) in [5.74, 6) is -1.15. The van der Waals surface area contributed by atoms with E-state index in [1.54, 1.807) is 0 Å². The van der Waals surface area contributed by atoms with Gasteiger partial charge in [-0.25, -0.2) is 4.98 Å². The average Bonchev–Trinajstić information content (AvgIpc) is 2.87. The standard InChI is InChI=1S/C25H19F3N2O6/c26-25(27,28)18-8-2-1-5-15(18)21-11-20(33)16-6-3-9-19(22(16)36-21)30-23(34)17-7-4-10-29-24(17)35-13-14(32)12-31/h1-11,14,31-32H,12-13H2,(H,30,34). The second-order valence-electron chi connectivity index (χ2n) is 7.66. The van der Waals surface area contributed by atoms with Crippen LogP contribution in [0, 0.1) is 0 Å². The third-order valence-electron chi connectivity index (χ3n) is 5.14. The van der Waals surface area contributed by atoms with Gasteiger partial charge in [0, 0.05) is 17.8 Å². The zero-order valence-corrected chi connectivity index (χ0v) is 18.5. The number of rotatable bonds is 7. The maximum Gasteiger partial charge on any atom is 0.417 e. The van der Waals surface area contributed by atoms with Gasteiger partial charge in [-0.3, -0.25) is 9.59 Å². The first kappa shape index (κ1) is 24.9. The second kappa shape index (κ2) is 10.2. The Morgan fingerprint density at radius 2 is 1.89 bits per heavy atom. The fourth-order valence-electron chi connectivity index (χ4n) is 3.45. The van der Waals surface area contributed by atoms with E-state index in [9.17, 15) is 27.9 Å². The van der Waals surface area contributed by atoms with Crippen molar-refractivity contribution in [3.8, 4) is 17.2 Å². The molecule has 36 heavy (non-hydrogen) atoms. The zero-order chi connectivity index (χ0) is 25.9. The Bertz CT molecular complexity index is 1470. The van der Waals surface area contributed by atoms with Gasteiger partial charge in [0.05, 0.1) is 23.2 Å². The SMILES string of the molecule is O=C(Nc1cccc2c(=O)cc(-c3ccccc3C(F)(F)F)oc12)c1cccnc1OCC(O)CO. The molecule has 0 saturated heterocycles. The van der Waals surface area contributed by atoms with Gasteiger partial charge >= 0.3 is 6.18 Å². The Kier molecular flexibility index (Phi) is 7.04. The molecule has 0 fully saturated rings. The largest absolute Gasteiger partial charge is 0.474 e. The second-order valence-corrected chi connectivity index (χ2v) is 7.66. The number of hydrogen-bond donors (Lipinski definition) is 3. The van der Waals surface area contributed by atoms with E-state index < -0.39 is 35.8 Å². The lowest BCUT2D eigenvalue weighted by Gasteiger charge is -2.14. The van der Waals surface area contributed by atoms with E-state index in [1.165, 1.54) is 54.7 Å². The van der Waals surface area contributed by atoms with Gasteiger partial charge in [-0.15, -0.1) is 0 Å². The number of hydrogen-bond acceptors (Lipinski definition) is 7. The smallest absolute Gasteiger partial charge is 0.417 e. The molecule has 1 amide bonds. The van der Waals surface area contributed by atoms with Crippen LogP contribution in [-0.4, -0.2) is 40.4 Å². The van der Waals surface area contributed by atoms with Crippen LogP contribution < -0.4 is 15.5 Å². The predicted octanol–water partition coefficient (Wildman–Crippen LogP) is 3.86. The third kappa shape index (κ3) is 5.21. The number of amides is 1. The Hall–Kier alpha value is -4.22. The summed E-state index contributed by atoms with van der Waals surface area (Å²) in [5.41, 5.74) is -2.01. The van der Waals surface area contributed by atoms with Crippen molar-refractivity contribution in [3.63, 3.8) is 0 Å². The van der Waals surface area contributed by atoms with Crippen LogP contribution in [-0.2, 0) is 6.18 Å². The van der Waals surface area contributed by atoms with Gasteiger partial charge in [-0.05, 0) is 30.3 Å². The summed E-state index contributed by atoms with van der Waals surface area (Å²) in [4.78, 5) is 29.7. The number of fused-ring (bicyclic) bond motifs is 1. The van der Waals surface area contributed by atoms with E-state index in [4.69, 9.17) is 14.3 Å². The molecule has 1 atom stereocenters. The van der Waals surface area contributed by atoms with E-state index in [-0.39, 0.29) is 46.0 Å². The maximum absolute atomic E-state index is 13.5. The molecule has 4 aromatic rings. The number of aliphatic hydroxyl groups is 2. The first-order valence-electron chi connectivity index (χ1n) is 10.6. The van der Waals surface area contributed by atoms with Crippen LogP contribution in [0.25, 0.3) is 22.3 Å². The fraction of sp³-hybridized carbons (Fsp3) is 0.160. The fourth-order valence-corrected chi connectivity index (χ4v) is 3.45. The summed E-state index contributed by atoms with van der Waals surface area (Å²) < 4.78 is 51.7. The van der Waals surface area contributed by atoms with E-state index in [0.29, 0.717) is 0 Å². The number of benzene rings is 2. The molecule has 0 aliphatic heterocycles. The van der Waals surface area contributed by atoms with E-state index in [2.05, 4.69) is 10.3 Å². The minimum Gasteiger partial charge on any atom is -0.474 e. The van der Waals surface area contributed by atoms with Gasteiger partial charge in [-0.1, -0.05) is 24.3 Å². The van der Waals surface area contributed by atoms with Crippen LogP contribution in [0.2, 0.25) is 0 Å². The molecule has 2 aromatic heterocycles. The van der Waals surface area contributed by atoms with E-state index >= 15 is 0 Å². The van der Waals surface area contributed by atoms with Crippen LogP contribution in [0.4, 0.5) is 18.9 Å². The van der Waals surface area contributed by atoms with Gasteiger partial charge in [0.1, 0.15) is 24.0 Å². The Morgan fingerprint density at radius 1 is 1.11 bits per heavy atom. The quantitative estimate of drug-likeness (QED) is 0.352. The normalized spacial score (nSPS) is 12.4. The highest BCUT2D eigenvalue weighted by Crippen LogP contribution is 2.38. The molecule has 2 heterocycles. The van der Waals surface area contributed by atoms with Crippen LogP contribution in [0.3, 0.4) is 0 Å². The van der Waals surface area contributed by atoms with Crippen molar-refractivity contribution in [1.29, 1.82) is 0 Å². The average molecular weight is 500 g/mol. The van der Waals surface area contributed by atoms with E-state index in [1.807, 2.05) is 0 Å². The summed E-state index contributed by atoms with van der Waals surface area (Å²) in [7, 11) is 0. The maximum atomic E-state index is 13.5. The van der Waals surface area contributed by atoms with Crippen molar-refractivity contribution >= 4 is 22.6 Å². The van der Waals surface area contributed by atoms with E-state index in [0.717, 1.165) is 12.1 Å². The van der Waals surface area contributed by atoms with Gasteiger partial charge in [0.2, 0.25) is 5.88 Å². The lowest BCUT2D eigenvalue weighted by atomic mass is 10.0. The summed E-state index contributed by atoms with van der Waals surface area (Å²) in [6.45, 7) is -0.873. The molecule has 4 rings (SSSR count). The molecule has 11 heteroatoms. The van der Waals surface area contributed by atoms with Crippen LogP contribution >= 0.6 is 0 Å². The number of para-hydroxylation sites is 1. The van der Waals surface area contributed by atoms with Gasteiger partial charge in [0.15, 0.2) is 11.0 Å². The van der Waals surface area contributed by atoms with Gasteiger partial charge in [0.25, 0.3) is 5.91 Å². The minimum atomic E-state index is -4.68. The molecular formula is C25H19F3N2O6. The number of aliphatic hydroxyl groups excluding tert-OH is 2. The van der Waals surface area contributed by atoms with Crippen molar-refractivity contribution in [2.45, 2.75) is 12.3 Å². The van der Waals surface area contributed by atoms with Crippen molar-refractivity contribution in [1.82, 2.24) is 4.98 Å². The number of carbonyl (C=O) groups is 1. The number of pyridine rings is 1. The molecule has 0 aliphatic rings. The van der Waals surface area contributed by atoms with Crippen LogP contribution in [0.15, 0.2) is 76.1 Å². The number of halogens is 3. The van der Waals surface area contributed by atoms with Crippen LogP contribution in [0.5, 0.6) is 5.88 Å². The molecule has 0 bridgehead atoms. The highest BCUT2D eigenvalue weighted by Gasteiger charge is 2.34. The lowest BCUT2D eigenvalue weighted by molar-refractivity contribution is -0.137. The number of alkyl halides is 3. The first-order chi connectivity index (χ1) is 17.2. The van der Waals surface area contributed by atoms with Crippen molar-refractivity contribution < 1.29 is 37.3 Å². The Morgan fingerprint density at radius 3 is 2.64 bits per heavy atom. The number of nitrogens with zero attached hydrogens (tertiary/aromatic N) is 1. The number of ether oxygens (including phenoxy) is 1. The highest BCUT2D eigenvalue weighted by atomic mass is 19.4. The molecule has 186 valence electrons. The Labute approximate surface area is 201 Å². The Balaban J connectivity index is 1.74. The molecular weight excluding hydrogens is 481 g/mol. The number of aromatic nitrogens is 1. The molecule has 0 spiro atoms. The molecule has 0 radical (unpaired) electrons. The highest BCUT2D eigenvalue weighted by molar-refractivity contribution is 6.09. The summed E-state index contributed by atoms with van der Waals surface area (Å²) in [6, 6.07) is 12.9. The van der Waals surface area contributed by atoms with Crippen molar-refractivity contribution in [2.24, 2.45) is 0 Å². The summed E-state index contributed by atoms with van der Waals surface area (Å²) in [6.07, 6.45) is -4.51. The third-order valence-corrected chi connectivity index (χ3v) is 5.14. The number of nitrogens with one attached hydrogen (secondary N) is 1. The molecule has 3 N–H and O–H groups in total. The minimum absolute atomic E-state index is 0.0273. The first-order valence-corrected chi connectivity index (χ1v) is 10.6. The monoisotopic (exact) mass is 500 g/mol. The number of anilines is 1. The predicted molar refractivity (Wildman–Crippen MR) is 124 cm³/mol. The van der Waals surface area contributed by atoms with Crippen molar-refractivity contribution in [3.05, 3.63) is 88.2 Å². The molecule has 1 unspecified atom stereocenters. The summed E-state index contributed by atoms with van der Waals surface area (Å²) >= 11 is 0. The zero-order valence-electron chi connectivity index (χ0n) is 18.5. The molecule has 2 aromatic carbocycles. The van der Waals surface area contributed by atoms with Crippen molar-refractivity contribution in [2.75, 3.05) is 18.5 Å². The molecule has 8 nitrogen and oxygen atoms in total.